The molecule has 0 aliphatic carbocycles. The second-order valence-corrected chi connectivity index (χ2v) is 8.05. The number of phenols is 1. The zero-order valence-electron chi connectivity index (χ0n) is 18.6. The molecule has 0 amide bonds. The van der Waals surface area contributed by atoms with Crippen LogP contribution in [-0.4, -0.2) is 14.7 Å². The van der Waals surface area contributed by atoms with Gasteiger partial charge in [0.1, 0.15) is 11.6 Å². The molecule has 3 nitrogen and oxygen atoms in total. The first kappa shape index (κ1) is 22.9. The fourth-order valence-corrected chi connectivity index (χ4v) is 4.34. The molecule has 0 unspecified atom stereocenters. The Morgan fingerprint density at radius 3 is 2.11 bits per heavy atom. The summed E-state index contributed by atoms with van der Waals surface area (Å²) in [6.07, 6.45) is 0. The van der Waals surface area contributed by atoms with Gasteiger partial charge in [0.05, 0.1) is 16.6 Å². The van der Waals surface area contributed by atoms with Crippen LogP contribution in [0.5, 0.6) is 5.75 Å². The molecule has 35 heavy (non-hydrogen) atoms. The number of aromatic nitrogens is 2. The van der Waals surface area contributed by atoms with Crippen molar-refractivity contribution in [3.8, 4) is 45.1 Å². The van der Waals surface area contributed by atoms with E-state index in [9.17, 15) is 5.11 Å². The third-order valence-corrected chi connectivity index (χ3v) is 5.93. The molecule has 5 aromatic carbocycles. The van der Waals surface area contributed by atoms with Crippen molar-refractivity contribution >= 4 is 11.0 Å². The van der Waals surface area contributed by atoms with Gasteiger partial charge in [0.2, 0.25) is 0 Å². The van der Waals surface area contributed by atoms with Gasteiger partial charge in [-0.2, -0.15) is 42.0 Å². The number of rotatable bonds is 4. The SMILES string of the molecule is Oc1ccccc1-c1nc2c(-c3[c-]c(-c4[c-]cccc4)ccc3)cccc2n1-c1ccccc1.[Au]. The summed E-state index contributed by atoms with van der Waals surface area (Å²) in [5.41, 5.74) is 7.42. The maximum absolute atomic E-state index is 10.6. The van der Waals surface area contributed by atoms with E-state index in [1.165, 1.54) is 0 Å². The summed E-state index contributed by atoms with van der Waals surface area (Å²) in [7, 11) is 0. The quantitative estimate of drug-likeness (QED) is 0.163. The van der Waals surface area contributed by atoms with E-state index in [1.54, 1.807) is 6.07 Å². The van der Waals surface area contributed by atoms with Gasteiger partial charge in [0, 0.05) is 28.1 Å². The van der Waals surface area contributed by atoms with E-state index in [1.807, 2.05) is 78.9 Å². The number of imidazole rings is 1. The molecule has 0 saturated carbocycles. The molecular weight excluding hydrogens is 613 g/mol. The Kier molecular flexibility index (Phi) is 6.39. The van der Waals surface area contributed by atoms with Crippen molar-refractivity contribution < 1.29 is 27.5 Å². The summed E-state index contributed by atoms with van der Waals surface area (Å²) < 4.78 is 2.10. The molecule has 0 spiro atoms. The van der Waals surface area contributed by atoms with Gasteiger partial charge in [-0.1, -0.05) is 48.0 Å². The minimum Gasteiger partial charge on any atom is -0.507 e. The average molecular weight is 633 g/mol. The fraction of sp³-hybridized carbons (Fsp3) is 0. The number of phenolic OH excluding ortho intramolecular Hbond substituents is 1. The minimum absolute atomic E-state index is 0. The molecule has 173 valence electrons. The summed E-state index contributed by atoms with van der Waals surface area (Å²) in [6.45, 7) is 0. The molecule has 6 rings (SSSR count). The molecule has 1 N–H and O–H groups in total. The van der Waals surface area contributed by atoms with E-state index in [-0.39, 0.29) is 28.1 Å². The van der Waals surface area contributed by atoms with Gasteiger partial charge in [0.15, 0.2) is 0 Å². The van der Waals surface area contributed by atoms with Gasteiger partial charge in [0.25, 0.3) is 0 Å². The molecule has 1 aromatic heterocycles. The Balaban J connectivity index is 0.00000253. The Morgan fingerprint density at radius 1 is 0.629 bits per heavy atom. The van der Waals surface area contributed by atoms with Crippen LogP contribution in [0.15, 0.2) is 115 Å². The Morgan fingerprint density at radius 2 is 1.31 bits per heavy atom. The van der Waals surface area contributed by atoms with Crippen molar-refractivity contribution in [2.75, 3.05) is 0 Å². The molecular formula is C31H20AuN2O-2. The average Bonchev–Trinajstić information content (AvgIpc) is 3.29. The topological polar surface area (TPSA) is 38.1 Å². The first-order valence-corrected chi connectivity index (χ1v) is 11.1. The molecule has 1 radical (unpaired) electrons. The zero-order valence-corrected chi connectivity index (χ0v) is 20.8. The van der Waals surface area contributed by atoms with Crippen molar-refractivity contribution in [2.24, 2.45) is 0 Å². The number of benzene rings is 5. The number of hydrogen-bond donors (Lipinski definition) is 1. The second kappa shape index (κ2) is 9.77. The Labute approximate surface area is 219 Å². The number of aromatic hydroxyl groups is 1. The first-order valence-electron chi connectivity index (χ1n) is 11.1. The fourth-order valence-electron chi connectivity index (χ4n) is 4.34. The van der Waals surface area contributed by atoms with Crippen LogP contribution < -0.4 is 0 Å². The standard InChI is InChI=1S/C31H20N2O.Au/c34-29-20-8-7-17-27(29)31-32-30-26(18-10-19-28(30)33(31)25-15-5-2-6-16-25)24-14-9-13-23(21-24)22-11-3-1-4-12-22;/h1-11,13-20,34H;/q-2;. The van der Waals surface area contributed by atoms with Crippen molar-refractivity contribution in [1.82, 2.24) is 9.55 Å². The number of para-hydroxylation sites is 3. The van der Waals surface area contributed by atoms with Gasteiger partial charge < -0.3 is 5.11 Å². The minimum atomic E-state index is 0. The molecule has 4 heteroatoms. The third-order valence-electron chi connectivity index (χ3n) is 5.93. The van der Waals surface area contributed by atoms with Crippen LogP contribution in [0.2, 0.25) is 0 Å². The molecule has 0 bridgehead atoms. The molecule has 0 atom stereocenters. The zero-order chi connectivity index (χ0) is 22.9. The van der Waals surface area contributed by atoms with Gasteiger partial charge >= 0.3 is 0 Å². The van der Waals surface area contributed by atoms with Crippen LogP contribution in [0.4, 0.5) is 0 Å². The largest absolute Gasteiger partial charge is 0.507 e. The summed E-state index contributed by atoms with van der Waals surface area (Å²) in [6, 6.07) is 44.5. The summed E-state index contributed by atoms with van der Waals surface area (Å²) >= 11 is 0. The summed E-state index contributed by atoms with van der Waals surface area (Å²) in [5.74, 6) is 0.893. The van der Waals surface area contributed by atoms with Crippen molar-refractivity contribution in [2.45, 2.75) is 0 Å². The maximum atomic E-state index is 10.6. The predicted octanol–water partition coefficient (Wildman–Crippen LogP) is 7.33. The normalized spacial score (nSPS) is 10.7. The van der Waals surface area contributed by atoms with Crippen molar-refractivity contribution in [3.05, 3.63) is 127 Å². The van der Waals surface area contributed by atoms with Gasteiger partial charge in [-0.05, 0) is 30.3 Å². The van der Waals surface area contributed by atoms with E-state index in [0.717, 1.165) is 39.0 Å². The van der Waals surface area contributed by atoms with Gasteiger partial charge in [-0.25, -0.2) is 10.5 Å². The van der Waals surface area contributed by atoms with Crippen molar-refractivity contribution in [3.63, 3.8) is 0 Å². The Hall–Kier alpha value is -3.89. The number of fused-ring (bicyclic) bond motifs is 1. The first-order chi connectivity index (χ1) is 16.8. The van der Waals surface area contributed by atoms with Gasteiger partial charge in [-0.15, -0.1) is 23.8 Å². The third kappa shape index (κ3) is 4.22. The number of nitrogens with zero attached hydrogens (tertiary/aromatic N) is 2. The molecule has 0 saturated heterocycles. The van der Waals surface area contributed by atoms with E-state index >= 15 is 0 Å². The molecule has 0 aliphatic rings. The van der Waals surface area contributed by atoms with Crippen molar-refractivity contribution in [1.29, 1.82) is 0 Å². The summed E-state index contributed by atoms with van der Waals surface area (Å²) in [5, 5.41) is 10.6. The second-order valence-electron chi connectivity index (χ2n) is 8.05. The van der Waals surface area contributed by atoms with Crippen LogP contribution >= 0.6 is 0 Å². The van der Waals surface area contributed by atoms with E-state index in [0.29, 0.717) is 11.4 Å². The van der Waals surface area contributed by atoms with Crippen LogP contribution in [0, 0.1) is 12.1 Å². The van der Waals surface area contributed by atoms with E-state index in [2.05, 4.69) is 47.0 Å². The number of hydrogen-bond acceptors (Lipinski definition) is 2. The van der Waals surface area contributed by atoms with Crippen LogP contribution in [0.1, 0.15) is 0 Å². The van der Waals surface area contributed by atoms with Crippen LogP contribution in [0.3, 0.4) is 0 Å². The smallest absolute Gasteiger partial charge is 0.148 e. The Bertz CT molecular complexity index is 1610. The molecule has 0 aliphatic heterocycles. The molecule has 0 fully saturated rings. The summed E-state index contributed by atoms with van der Waals surface area (Å²) in [4.78, 5) is 5.07. The van der Waals surface area contributed by atoms with Crippen LogP contribution in [0.25, 0.3) is 50.4 Å². The maximum Gasteiger partial charge on any atom is 0.148 e. The van der Waals surface area contributed by atoms with E-state index < -0.39 is 0 Å². The monoisotopic (exact) mass is 633 g/mol. The van der Waals surface area contributed by atoms with Crippen LogP contribution in [-0.2, 0) is 22.4 Å². The predicted molar refractivity (Wildman–Crippen MR) is 137 cm³/mol. The van der Waals surface area contributed by atoms with Gasteiger partial charge in [-0.3, -0.25) is 4.57 Å². The molecule has 1 heterocycles. The molecule has 6 aromatic rings. The van der Waals surface area contributed by atoms with E-state index in [4.69, 9.17) is 4.98 Å².